The Hall–Kier alpha value is -1.55. The molecule has 2 aliphatic rings. The lowest BCUT2D eigenvalue weighted by atomic mass is 9.85. The average Bonchev–Trinajstić information content (AvgIpc) is 2.86. The minimum Gasteiger partial charge on any atom is -0.485 e. The Morgan fingerprint density at radius 2 is 2.19 bits per heavy atom. The van der Waals surface area contributed by atoms with Crippen LogP contribution in [-0.4, -0.2) is 34.2 Å². The number of fused-ring (bicyclic) bond motifs is 1. The van der Waals surface area contributed by atoms with Crippen LogP contribution in [0.1, 0.15) is 50.8 Å². The van der Waals surface area contributed by atoms with Crippen molar-refractivity contribution in [3.05, 3.63) is 29.3 Å². The zero-order valence-electron chi connectivity index (χ0n) is 12.9. The summed E-state index contributed by atoms with van der Waals surface area (Å²) < 4.78 is 5.97. The molecule has 0 aliphatic carbocycles. The van der Waals surface area contributed by atoms with Crippen LogP contribution in [0.4, 0.5) is 0 Å². The van der Waals surface area contributed by atoms with Crippen LogP contribution >= 0.6 is 0 Å². The first-order valence-corrected chi connectivity index (χ1v) is 7.73. The van der Waals surface area contributed by atoms with Crippen LogP contribution in [0.15, 0.2) is 18.2 Å². The molecule has 4 nitrogen and oxygen atoms in total. The standard InChI is InChI=1S/C17H23NO3/c1-4-11-7-8-13-12(10-11)15(16(20)17(2,3)21-13)18-9-5-6-14(18)19/h7-8,10,15-16,20H,4-6,9H2,1-3H3/t15?,16-/m0/s1. The van der Waals surface area contributed by atoms with Crippen molar-refractivity contribution in [3.63, 3.8) is 0 Å². The van der Waals surface area contributed by atoms with Crippen LogP contribution in [0, 0.1) is 0 Å². The number of carbonyl (C=O) groups excluding carboxylic acids is 1. The van der Waals surface area contributed by atoms with Crippen LogP contribution in [0.3, 0.4) is 0 Å². The second kappa shape index (κ2) is 5.02. The lowest BCUT2D eigenvalue weighted by Crippen LogP contribution is -2.53. The predicted octanol–water partition coefficient (Wildman–Crippen LogP) is 2.44. The van der Waals surface area contributed by atoms with Crippen LogP contribution in [0.25, 0.3) is 0 Å². The molecule has 2 aliphatic heterocycles. The predicted molar refractivity (Wildman–Crippen MR) is 80.2 cm³/mol. The first kappa shape index (κ1) is 14.4. The van der Waals surface area contributed by atoms with Crippen molar-refractivity contribution in [1.82, 2.24) is 4.90 Å². The molecule has 0 radical (unpaired) electrons. The fraction of sp³-hybridized carbons (Fsp3) is 0.588. The molecule has 21 heavy (non-hydrogen) atoms. The molecule has 0 spiro atoms. The Morgan fingerprint density at radius 3 is 2.81 bits per heavy atom. The molecule has 0 saturated carbocycles. The fourth-order valence-electron chi connectivity index (χ4n) is 3.34. The molecule has 114 valence electrons. The van der Waals surface area contributed by atoms with Crippen LogP contribution < -0.4 is 4.74 Å². The Labute approximate surface area is 125 Å². The Kier molecular flexibility index (Phi) is 3.44. The molecule has 0 aromatic heterocycles. The number of aliphatic hydroxyl groups is 1. The third kappa shape index (κ3) is 2.31. The summed E-state index contributed by atoms with van der Waals surface area (Å²) in [6.07, 6.45) is 1.64. The van der Waals surface area contributed by atoms with Gasteiger partial charge in [-0.25, -0.2) is 0 Å². The summed E-state index contributed by atoms with van der Waals surface area (Å²) in [6, 6.07) is 5.79. The molecule has 1 aromatic carbocycles. The van der Waals surface area contributed by atoms with E-state index in [1.54, 1.807) is 0 Å². The Balaban J connectivity index is 2.10. The van der Waals surface area contributed by atoms with E-state index in [2.05, 4.69) is 19.1 Å². The van der Waals surface area contributed by atoms with Gasteiger partial charge in [-0.05, 0) is 44.4 Å². The number of likely N-dealkylation sites (tertiary alicyclic amines) is 1. The summed E-state index contributed by atoms with van der Waals surface area (Å²) in [5, 5.41) is 10.8. The largest absolute Gasteiger partial charge is 0.485 e. The number of hydrogen-bond acceptors (Lipinski definition) is 3. The zero-order chi connectivity index (χ0) is 15.2. The molecule has 1 saturated heterocycles. The summed E-state index contributed by atoms with van der Waals surface area (Å²) >= 11 is 0. The number of ether oxygens (including phenoxy) is 1. The lowest BCUT2D eigenvalue weighted by molar-refractivity contribution is -0.139. The normalized spacial score (nSPS) is 27.4. The fourth-order valence-corrected chi connectivity index (χ4v) is 3.34. The monoisotopic (exact) mass is 289 g/mol. The molecule has 1 amide bonds. The SMILES string of the molecule is CCc1ccc2c(c1)C(N1CCCC1=O)[C@H](O)C(C)(C)O2. The summed E-state index contributed by atoms with van der Waals surface area (Å²) in [5.41, 5.74) is 1.44. The number of nitrogens with zero attached hydrogens (tertiary/aromatic N) is 1. The number of benzene rings is 1. The maximum absolute atomic E-state index is 12.2. The number of amides is 1. The van der Waals surface area contributed by atoms with Crippen molar-refractivity contribution < 1.29 is 14.6 Å². The van der Waals surface area contributed by atoms with Crippen molar-refractivity contribution in [2.24, 2.45) is 0 Å². The summed E-state index contributed by atoms with van der Waals surface area (Å²) in [4.78, 5) is 14.0. The van der Waals surface area contributed by atoms with Crippen LogP contribution in [-0.2, 0) is 11.2 Å². The number of aliphatic hydroxyl groups excluding tert-OH is 1. The highest BCUT2D eigenvalue weighted by Crippen LogP contribution is 2.44. The van der Waals surface area contributed by atoms with Crippen molar-refractivity contribution in [2.45, 2.75) is 57.8 Å². The molecule has 2 atom stereocenters. The van der Waals surface area contributed by atoms with E-state index in [0.717, 1.165) is 24.2 Å². The molecular weight excluding hydrogens is 266 g/mol. The maximum Gasteiger partial charge on any atom is 0.223 e. The van der Waals surface area contributed by atoms with Gasteiger partial charge in [0.25, 0.3) is 0 Å². The molecule has 3 rings (SSSR count). The highest BCUT2D eigenvalue weighted by atomic mass is 16.5. The van der Waals surface area contributed by atoms with E-state index in [0.29, 0.717) is 13.0 Å². The third-order valence-corrected chi connectivity index (χ3v) is 4.63. The van der Waals surface area contributed by atoms with Gasteiger partial charge in [-0.15, -0.1) is 0 Å². The van der Waals surface area contributed by atoms with E-state index in [-0.39, 0.29) is 11.9 Å². The first-order valence-electron chi connectivity index (χ1n) is 7.73. The van der Waals surface area contributed by atoms with Gasteiger partial charge in [0.15, 0.2) is 0 Å². The van der Waals surface area contributed by atoms with Gasteiger partial charge in [0, 0.05) is 18.5 Å². The van der Waals surface area contributed by atoms with Gasteiger partial charge in [0.1, 0.15) is 17.5 Å². The van der Waals surface area contributed by atoms with Gasteiger partial charge in [-0.2, -0.15) is 0 Å². The molecule has 1 fully saturated rings. The van der Waals surface area contributed by atoms with Gasteiger partial charge >= 0.3 is 0 Å². The lowest BCUT2D eigenvalue weighted by Gasteiger charge is -2.45. The van der Waals surface area contributed by atoms with Gasteiger partial charge in [-0.3, -0.25) is 4.79 Å². The third-order valence-electron chi connectivity index (χ3n) is 4.63. The maximum atomic E-state index is 12.2. The van der Waals surface area contributed by atoms with Gasteiger partial charge in [-0.1, -0.05) is 13.0 Å². The topological polar surface area (TPSA) is 49.8 Å². The number of hydrogen-bond donors (Lipinski definition) is 1. The molecule has 1 N–H and O–H groups in total. The summed E-state index contributed by atoms with van der Waals surface area (Å²) in [6.45, 7) is 6.57. The van der Waals surface area contributed by atoms with E-state index in [4.69, 9.17) is 4.74 Å². The van der Waals surface area contributed by atoms with E-state index < -0.39 is 11.7 Å². The van der Waals surface area contributed by atoms with Gasteiger partial charge in [0.05, 0.1) is 6.04 Å². The van der Waals surface area contributed by atoms with Gasteiger partial charge < -0.3 is 14.7 Å². The van der Waals surface area contributed by atoms with E-state index in [1.807, 2.05) is 24.8 Å². The van der Waals surface area contributed by atoms with E-state index >= 15 is 0 Å². The highest BCUT2D eigenvalue weighted by Gasteiger charge is 2.47. The quantitative estimate of drug-likeness (QED) is 0.910. The molecule has 2 heterocycles. The minimum atomic E-state index is -0.723. The molecule has 0 bridgehead atoms. The van der Waals surface area contributed by atoms with Crippen molar-refractivity contribution in [1.29, 1.82) is 0 Å². The average molecular weight is 289 g/mol. The molecule has 4 heteroatoms. The van der Waals surface area contributed by atoms with Crippen LogP contribution in [0.5, 0.6) is 5.75 Å². The zero-order valence-corrected chi connectivity index (χ0v) is 12.9. The van der Waals surface area contributed by atoms with E-state index in [9.17, 15) is 9.90 Å². The molecule has 1 aromatic rings. The second-order valence-corrected chi connectivity index (χ2v) is 6.51. The number of aryl methyl sites for hydroxylation is 1. The smallest absolute Gasteiger partial charge is 0.223 e. The number of rotatable bonds is 2. The minimum absolute atomic E-state index is 0.129. The van der Waals surface area contributed by atoms with Crippen molar-refractivity contribution >= 4 is 5.91 Å². The van der Waals surface area contributed by atoms with Crippen LogP contribution in [0.2, 0.25) is 0 Å². The molecule has 1 unspecified atom stereocenters. The Bertz CT molecular complexity index is 567. The highest BCUT2D eigenvalue weighted by molar-refractivity contribution is 5.79. The van der Waals surface area contributed by atoms with Crippen molar-refractivity contribution in [3.8, 4) is 5.75 Å². The summed E-state index contributed by atoms with van der Waals surface area (Å²) in [7, 11) is 0. The summed E-state index contributed by atoms with van der Waals surface area (Å²) in [5.74, 6) is 0.914. The van der Waals surface area contributed by atoms with Crippen molar-refractivity contribution in [2.75, 3.05) is 6.54 Å². The Morgan fingerprint density at radius 1 is 1.43 bits per heavy atom. The molecular formula is C17H23NO3. The second-order valence-electron chi connectivity index (χ2n) is 6.51. The first-order chi connectivity index (χ1) is 9.94. The number of carbonyl (C=O) groups is 1. The van der Waals surface area contributed by atoms with E-state index in [1.165, 1.54) is 5.56 Å². The van der Waals surface area contributed by atoms with Gasteiger partial charge in [0.2, 0.25) is 5.91 Å².